The Morgan fingerprint density at radius 2 is 1.74 bits per heavy atom. The van der Waals surface area contributed by atoms with Crippen molar-refractivity contribution in [1.29, 1.82) is 0 Å². The Labute approximate surface area is 184 Å². The molecule has 0 saturated carbocycles. The molecule has 0 unspecified atom stereocenters. The van der Waals surface area contributed by atoms with Gasteiger partial charge in [-0.15, -0.1) is 0 Å². The fourth-order valence-electron chi connectivity index (χ4n) is 4.61. The van der Waals surface area contributed by atoms with Crippen LogP contribution in [0.15, 0.2) is 48.5 Å². The topological polar surface area (TPSA) is 53.6 Å². The average Bonchev–Trinajstić information content (AvgIpc) is 2.74. The summed E-state index contributed by atoms with van der Waals surface area (Å²) in [6.45, 7) is 7.19. The highest BCUT2D eigenvalue weighted by Gasteiger charge is 2.30. The number of nitrogens with one attached hydrogen (secondary N) is 2. The third kappa shape index (κ3) is 5.63. The molecule has 1 atom stereocenters. The molecule has 2 aromatic carbocycles. The third-order valence-corrected chi connectivity index (χ3v) is 6.27. The summed E-state index contributed by atoms with van der Waals surface area (Å²) in [6.07, 6.45) is 4.38. The van der Waals surface area contributed by atoms with Gasteiger partial charge in [0.1, 0.15) is 5.82 Å². The highest BCUT2D eigenvalue weighted by atomic mass is 19.1. The molecular formula is C25H32FN3O2. The summed E-state index contributed by atoms with van der Waals surface area (Å²) in [5, 5.41) is 6.62. The highest BCUT2D eigenvalue weighted by Crippen LogP contribution is 2.26. The molecule has 2 saturated heterocycles. The second kappa shape index (κ2) is 9.37. The zero-order chi connectivity index (χ0) is 21.8. The zero-order valence-corrected chi connectivity index (χ0v) is 18.4. The molecule has 6 heteroatoms. The van der Waals surface area contributed by atoms with Gasteiger partial charge in [-0.1, -0.05) is 12.1 Å². The van der Waals surface area contributed by atoms with Crippen LogP contribution < -0.4 is 15.5 Å². The summed E-state index contributed by atoms with van der Waals surface area (Å²) < 4.78 is 19.6. The Bertz CT molecular complexity index is 892. The van der Waals surface area contributed by atoms with Crippen LogP contribution in [-0.2, 0) is 4.74 Å². The van der Waals surface area contributed by atoms with E-state index in [1.54, 1.807) is 12.1 Å². The number of amides is 1. The minimum absolute atomic E-state index is 0.0277. The summed E-state index contributed by atoms with van der Waals surface area (Å²) >= 11 is 0. The molecule has 0 radical (unpaired) electrons. The van der Waals surface area contributed by atoms with Crippen LogP contribution >= 0.6 is 0 Å². The number of hydrogen-bond acceptors (Lipinski definition) is 4. The number of carbonyl (C=O) groups excluding carboxylic acids is 1. The van der Waals surface area contributed by atoms with E-state index < -0.39 is 11.7 Å². The molecule has 0 bridgehead atoms. The predicted molar refractivity (Wildman–Crippen MR) is 122 cm³/mol. The number of anilines is 2. The van der Waals surface area contributed by atoms with Crippen molar-refractivity contribution in [2.24, 2.45) is 0 Å². The van der Waals surface area contributed by atoms with Crippen LogP contribution in [-0.4, -0.2) is 43.3 Å². The summed E-state index contributed by atoms with van der Waals surface area (Å²) in [5.74, 6) is -0.952. The third-order valence-electron chi connectivity index (χ3n) is 6.27. The van der Waals surface area contributed by atoms with E-state index in [0.717, 1.165) is 51.1 Å². The van der Waals surface area contributed by atoms with Gasteiger partial charge in [0.2, 0.25) is 0 Å². The van der Waals surface area contributed by atoms with Gasteiger partial charge in [-0.05, 0) is 75.9 Å². The van der Waals surface area contributed by atoms with Crippen LogP contribution in [0, 0.1) is 5.82 Å². The van der Waals surface area contributed by atoms with Crippen LogP contribution in [0.25, 0.3) is 0 Å². The van der Waals surface area contributed by atoms with Crippen molar-refractivity contribution in [2.75, 3.05) is 29.9 Å². The second-order valence-electron chi connectivity index (χ2n) is 9.21. The van der Waals surface area contributed by atoms with E-state index in [-0.39, 0.29) is 11.2 Å². The molecule has 2 heterocycles. The largest absolute Gasteiger partial charge is 0.375 e. The van der Waals surface area contributed by atoms with Gasteiger partial charge in [0.15, 0.2) is 0 Å². The average molecular weight is 426 g/mol. The van der Waals surface area contributed by atoms with Gasteiger partial charge >= 0.3 is 0 Å². The molecule has 2 aliphatic rings. The Hall–Kier alpha value is -2.44. The lowest BCUT2D eigenvalue weighted by Gasteiger charge is -2.40. The molecule has 0 spiro atoms. The number of rotatable bonds is 5. The summed E-state index contributed by atoms with van der Waals surface area (Å²) in [6, 6.07) is 14.9. The summed E-state index contributed by atoms with van der Waals surface area (Å²) in [5.41, 5.74) is 1.83. The number of halogens is 1. The maximum absolute atomic E-state index is 13.8. The Morgan fingerprint density at radius 3 is 2.42 bits per heavy atom. The van der Waals surface area contributed by atoms with Gasteiger partial charge in [0.25, 0.3) is 5.91 Å². The van der Waals surface area contributed by atoms with Gasteiger partial charge in [-0.25, -0.2) is 4.39 Å². The minimum Gasteiger partial charge on any atom is -0.375 e. The van der Waals surface area contributed by atoms with E-state index in [1.165, 1.54) is 12.1 Å². The second-order valence-corrected chi connectivity index (χ2v) is 9.21. The molecule has 5 nitrogen and oxygen atoms in total. The van der Waals surface area contributed by atoms with Gasteiger partial charge in [0, 0.05) is 43.2 Å². The Balaban J connectivity index is 1.27. The summed E-state index contributed by atoms with van der Waals surface area (Å²) in [7, 11) is 0. The van der Waals surface area contributed by atoms with Crippen molar-refractivity contribution >= 4 is 17.3 Å². The lowest BCUT2D eigenvalue weighted by atomic mass is 9.92. The van der Waals surface area contributed by atoms with E-state index in [1.807, 2.05) is 24.3 Å². The minimum atomic E-state index is -0.516. The molecule has 1 amide bonds. The van der Waals surface area contributed by atoms with Crippen LogP contribution in [0.3, 0.4) is 0 Å². The van der Waals surface area contributed by atoms with Gasteiger partial charge in [-0.3, -0.25) is 4.79 Å². The SMILES string of the molecule is CC1(C)C[C@H](NC2CCN(c3ccc(NC(=O)c4ccccc4F)cc3)CC2)CCO1. The normalized spacial score (nSPS) is 21.6. The summed E-state index contributed by atoms with van der Waals surface area (Å²) in [4.78, 5) is 14.7. The zero-order valence-electron chi connectivity index (χ0n) is 18.4. The number of hydrogen-bond donors (Lipinski definition) is 2. The molecular weight excluding hydrogens is 393 g/mol. The van der Waals surface area contributed by atoms with Crippen molar-refractivity contribution in [3.63, 3.8) is 0 Å². The van der Waals surface area contributed by atoms with Gasteiger partial charge < -0.3 is 20.3 Å². The van der Waals surface area contributed by atoms with E-state index >= 15 is 0 Å². The highest BCUT2D eigenvalue weighted by molar-refractivity contribution is 6.04. The van der Waals surface area contributed by atoms with Crippen molar-refractivity contribution in [3.05, 3.63) is 59.9 Å². The molecule has 0 aromatic heterocycles. The van der Waals surface area contributed by atoms with Crippen molar-refractivity contribution in [3.8, 4) is 0 Å². The molecule has 166 valence electrons. The van der Waals surface area contributed by atoms with E-state index in [4.69, 9.17) is 4.74 Å². The standard InChI is InChI=1S/C25H32FN3O2/c1-25(2)17-20(13-16-31-25)27-19-11-14-29(15-12-19)21-9-7-18(8-10-21)28-24(30)22-5-3-4-6-23(22)26/h3-10,19-20,27H,11-17H2,1-2H3,(H,28,30)/t20-/m1/s1. The molecule has 2 N–H and O–H groups in total. The maximum Gasteiger partial charge on any atom is 0.258 e. The first-order chi connectivity index (χ1) is 14.9. The number of benzene rings is 2. The first kappa shape index (κ1) is 21.8. The van der Waals surface area contributed by atoms with Gasteiger partial charge in [0.05, 0.1) is 11.2 Å². The molecule has 0 aliphatic carbocycles. The Morgan fingerprint density at radius 1 is 1.03 bits per heavy atom. The quantitative estimate of drug-likeness (QED) is 0.736. The first-order valence-corrected chi connectivity index (χ1v) is 11.2. The predicted octanol–water partition coefficient (Wildman–Crippen LogP) is 4.59. The molecule has 2 fully saturated rings. The van der Waals surface area contributed by atoms with E-state index in [9.17, 15) is 9.18 Å². The smallest absolute Gasteiger partial charge is 0.258 e. The van der Waals surface area contributed by atoms with Crippen LogP contribution in [0.5, 0.6) is 0 Å². The molecule has 2 aromatic rings. The van der Waals surface area contributed by atoms with Crippen LogP contribution in [0.4, 0.5) is 15.8 Å². The number of ether oxygens (including phenoxy) is 1. The van der Waals surface area contributed by atoms with E-state index in [2.05, 4.69) is 29.4 Å². The lowest BCUT2D eigenvalue weighted by molar-refractivity contribution is -0.0644. The van der Waals surface area contributed by atoms with Crippen molar-refractivity contribution < 1.29 is 13.9 Å². The maximum atomic E-state index is 13.8. The van der Waals surface area contributed by atoms with Crippen LogP contribution in [0.1, 0.15) is 49.9 Å². The lowest BCUT2D eigenvalue weighted by Crippen LogP contribution is -2.50. The van der Waals surface area contributed by atoms with E-state index in [0.29, 0.717) is 17.8 Å². The molecule has 31 heavy (non-hydrogen) atoms. The number of carbonyl (C=O) groups is 1. The van der Waals surface area contributed by atoms with Crippen molar-refractivity contribution in [2.45, 2.75) is 57.2 Å². The first-order valence-electron chi connectivity index (χ1n) is 11.2. The number of piperidine rings is 1. The molecule has 2 aliphatic heterocycles. The fourth-order valence-corrected chi connectivity index (χ4v) is 4.61. The molecule has 4 rings (SSSR count). The van der Waals surface area contributed by atoms with Gasteiger partial charge in [-0.2, -0.15) is 0 Å². The fraction of sp³-hybridized carbons (Fsp3) is 0.480. The van der Waals surface area contributed by atoms with Crippen molar-refractivity contribution in [1.82, 2.24) is 5.32 Å². The van der Waals surface area contributed by atoms with Crippen LogP contribution in [0.2, 0.25) is 0 Å². The monoisotopic (exact) mass is 425 g/mol. The Kier molecular flexibility index (Phi) is 6.58. The number of nitrogens with zero attached hydrogens (tertiary/aromatic N) is 1.